The van der Waals surface area contributed by atoms with Crippen molar-refractivity contribution in [3.63, 3.8) is 0 Å². The minimum Gasteiger partial charge on any atom is -0.495 e. The van der Waals surface area contributed by atoms with Gasteiger partial charge in [0.25, 0.3) is 32.0 Å². The fourth-order valence-electron chi connectivity index (χ4n) is 2.88. The first kappa shape index (κ1) is 31.8. The van der Waals surface area contributed by atoms with Crippen LogP contribution in [0.15, 0.2) is 91.9 Å². The van der Waals surface area contributed by atoms with Crippen molar-refractivity contribution in [2.45, 2.75) is 9.79 Å². The number of benzene rings is 3. The smallest absolute Gasteiger partial charge is 0.495 e. The first-order valence-corrected chi connectivity index (χ1v) is 13.2. The first-order valence-electron chi connectivity index (χ1n) is 10.4. The number of anilines is 2. The van der Waals surface area contributed by atoms with Crippen molar-refractivity contribution in [1.29, 1.82) is 0 Å². The summed E-state index contributed by atoms with van der Waals surface area (Å²) in [5.41, 5.74) is 2.63. The van der Waals surface area contributed by atoms with E-state index in [0.717, 1.165) is 24.3 Å². The molecule has 0 heterocycles. The molecule has 0 fully saturated rings. The molecule has 0 spiro atoms. The topological polar surface area (TPSA) is 205 Å². The molecular formula is C22H21N5NaO9S2+. The van der Waals surface area contributed by atoms with Crippen LogP contribution in [0.25, 0.3) is 0 Å². The Morgan fingerprint density at radius 2 is 1.38 bits per heavy atom. The summed E-state index contributed by atoms with van der Waals surface area (Å²) in [4.78, 5) is 12.0. The van der Waals surface area contributed by atoms with E-state index in [1.54, 1.807) is 30.3 Å². The Labute approximate surface area is 245 Å². The molecule has 0 aliphatic carbocycles. The summed E-state index contributed by atoms with van der Waals surface area (Å²) in [5, 5.41) is 14.1. The number of amidine groups is 1. The molecule has 4 N–H and O–H groups in total. The molecule has 0 atom stereocenters. The van der Waals surface area contributed by atoms with Gasteiger partial charge >= 0.3 is 29.6 Å². The fourth-order valence-corrected chi connectivity index (χ4v) is 3.89. The molecule has 0 aliphatic heterocycles. The summed E-state index contributed by atoms with van der Waals surface area (Å²) in [6, 6.07) is 14.9. The van der Waals surface area contributed by atoms with Crippen molar-refractivity contribution in [2.75, 3.05) is 25.0 Å². The molecule has 0 aliphatic rings. The first-order chi connectivity index (χ1) is 17.9. The van der Waals surface area contributed by atoms with Gasteiger partial charge in [0.1, 0.15) is 17.2 Å². The summed E-state index contributed by atoms with van der Waals surface area (Å²) < 4.78 is 75.1. The van der Waals surface area contributed by atoms with E-state index in [4.69, 9.17) is 9.47 Å². The molecule has 17 heteroatoms. The van der Waals surface area contributed by atoms with Crippen LogP contribution in [0.3, 0.4) is 0 Å². The van der Waals surface area contributed by atoms with Gasteiger partial charge in [0, 0.05) is 5.69 Å². The van der Waals surface area contributed by atoms with Gasteiger partial charge in [-0.1, -0.05) is 18.2 Å². The zero-order valence-electron chi connectivity index (χ0n) is 20.8. The second kappa shape index (κ2) is 13.6. The standard InChI is InChI=1S/C22H21N5O9S2.Na/c1-35-19-10-8-15(37(29,30)31)12-17(19)24-26-21(22(28)23-14-6-4-3-5-7-14)27-25-18-13-16(38(32,33)34)9-11-20(18)36-2;/h3-13,24H,1-2H3,(H,23,28)(H,29,30,31)(H,32,33,34);/q;+1/b26-21+,27-25?;. The molecule has 0 aromatic heterocycles. The van der Waals surface area contributed by atoms with Gasteiger partial charge in [-0.2, -0.15) is 16.8 Å². The third-order valence-electron chi connectivity index (χ3n) is 4.69. The van der Waals surface area contributed by atoms with Crippen LogP contribution < -0.4 is 49.8 Å². The molecule has 0 saturated carbocycles. The molecule has 0 radical (unpaired) electrons. The number of amides is 1. The van der Waals surface area contributed by atoms with Crippen molar-refractivity contribution in [2.24, 2.45) is 15.3 Å². The Morgan fingerprint density at radius 1 is 0.821 bits per heavy atom. The average Bonchev–Trinajstić information content (AvgIpc) is 2.87. The van der Waals surface area contributed by atoms with E-state index < -0.39 is 41.8 Å². The molecule has 14 nitrogen and oxygen atoms in total. The number of nitrogens with one attached hydrogen (secondary N) is 2. The second-order valence-electron chi connectivity index (χ2n) is 7.21. The van der Waals surface area contributed by atoms with Crippen molar-refractivity contribution < 1.29 is 69.8 Å². The Hall–Kier alpha value is -3.38. The number of rotatable bonds is 8. The maximum atomic E-state index is 12.9. The Kier molecular flexibility index (Phi) is 11.1. The van der Waals surface area contributed by atoms with Gasteiger partial charge in [-0.25, -0.2) is 0 Å². The third-order valence-corrected chi connectivity index (χ3v) is 6.39. The monoisotopic (exact) mass is 586 g/mol. The maximum Gasteiger partial charge on any atom is 1.00 e. The summed E-state index contributed by atoms with van der Waals surface area (Å²) in [7, 11) is -6.56. The maximum absolute atomic E-state index is 12.9. The van der Waals surface area contributed by atoms with E-state index in [-0.39, 0.29) is 52.4 Å². The fraction of sp³-hybridized carbons (Fsp3) is 0.0909. The van der Waals surface area contributed by atoms with Crippen LogP contribution in [0, 0.1) is 0 Å². The van der Waals surface area contributed by atoms with Gasteiger partial charge in [-0.3, -0.25) is 19.3 Å². The Bertz CT molecular complexity index is 1610. The summed E-state index contributed by atoms with van der Waals surface area (Å²) in [6.45, 7) is 0. The van der Waals surface area contributed by atoms with E-state index in [0.29, 0.717) is 5.69 Å². The molecule has 3 aromatic rings. The second-order valence-corrected chi connectivity index (χ2v) is 10.1. The average molecular weight is 587 g/mol. The number of carbonyl (C=O) groups excluding carboxylic acids is 1. The number of nitrogens with zero attached hydrogens (tertiary/aromatic N) is 3. The number of azo groups is 1. The van der Waals surface area contributed by atoms with Gasteiger partial charge < -0.3 is 14.8 Å². The van der Waals surface area contributed by atoms with Crippen LogP contribution in [0.4, 0.5) is 17.1 Å². The zero-order chi connectivity index (χ0) is 27.9. The molecule has 1 amide bonds. The Morgan fingerprint density at radius 3 is 1.95 bits per heavy atom. The molecule has 0 bridgehead atoms. The Balaban J connectivity index is 0.00000533. The number of methoxy groups -OCH3 is 2. The quantitative estimate of drug-likeness (QED) is 0.0711. The van der Waals surface area contributed by atoms with E-state index in [9.17, 15) is 30.7 Å². The van der Waals surface area contributed by atoms with Gasteiger partial charge in [0.2, 0.25) is 0 Å². The summed E-state index contributed by atoms with van der Waals surface area (Å²) >= 11 is 0. The number of para-hydroxylation sites is 1. The van der Waals surface area contributed by atoms with Crippen LogP contribution >= 0.6 is 0 Å². The molecule has 3 rings (SSSR count). The van der Waals surface area contributed by atoms with Crippen LogP contribution in [0.1, 0.15) is 0 Å². The summed E-state index contributed by atoms with van der Waals surface area (Å²) in [6.07, 6.45) is 0. The van der Waals surface area contributed by atoms with E-state index in [2.05, 4.69) is 26.1 Å². The number of ether oxygens (including phenoxy) is 2. The van der Waals surface area contributed by atoms with Crippen molar-refractivity contribution in [1.82, 2.24) is 0 Å². The minimum atomic E-state index is -4.58. The van der Waals surface area contributed by atoms with E-state index in [1.165, 1.54) is 26.4 Å². The number of hydrazone groups is 1. The molecule has 3 aromatic carbocycles. The normalized spacial score (nSPS) is 11.9. The molecule has 39 heavy (non-hydrogen) atoms. The number of hydrogen-bond acceptors (Lipinski definition) is 10. The SMILES string of the molecule is COc1ccc(S(=O)(=O)O)cc1N=N/C(=N/Nc1cc(S(=O)(=O)O)ccc1OC)C(=O)Nc1ccccc1.[Na+]. The van der Waals surface area contributed by atoms with Gasteiger partial charge in [0.15, 0.2) is 0 Å². The van der Waals surface area contributed by atoms with Crippen molar-refractivity contribution >= 4 is 49.0 Å². The number of hydrogen-bond donors (Lipinski definition) is 4. The number of carbonyl (C=O) groups is 1. The predicted molar refractivity (Wildman–Crippen MR) is 136 cm³/mol. The summed E-state index contributed by atoms with van der Waals surface area (Å²) in [5.74, 6) is -1.27. The molecular weight excluding hydrogens is 565 g/mol. The molecule has 200 valence electrons. The largest absolute Gasteiger partial charge is 1.00 e. The third kappa shape index (κ3) is 8.82. The predicted octanol–water partition coefficient (Wildman–Crippen LogP) is 0.349. The van der Waals surface area contributed by atoms with Crippen molar-refractivity contribution in [3.05, 3.63) is 66.7 Å². The minimum absolute atomic E-state index is 0. The van der Waals surface area contributed by atoms with Crippen LogP contribution in [0.5, 0.6) is 11.5 Å². The van der Waals surface area contributed by atoms with Crippen LogP contribution in [-0.4, -0.2) is 51.9 Å². The van der Waals surface area contributed by atoms with Crippen LogP contribution in [-0.2, 0) is 25.0 Å². The van der Waals surface area contributed by atoms with Gasteiger partial charge in [-0.05, 0) is 48.5 Å². The van der Waals surface area contributed by atoms with Crippen molar-refractivity contribution in [3.8, 4) is 11.5 Å². The molecule has 0 unspecified atom stereocenters. The van der Waals surface area contributed by atoms with Gasteiger partial charge in [-0.15, -0.1) is 15.3 Å². The zero-order valence-corrected chi connectivity index (χ0v) is 24.4. The van der Waals surface area contributed by atoms with E-state index >= 15 is 0 Å². The molecule has 0 saturated heterocycles. The van der Waals surface area contributed by atoms with Gasteiger partial charge in [0.05, 0.1) is 29.7 Å². The van der Waals surface area contributed by atoms with Crippen LogP contribution in [0.2, 0.25) is 0 Å². The van der Waals surface area contributed by atoms with E-state index in [1.807, 2.05) is 0 Å².